The van der Waals surface area contributed by atoms with Gasteiger partial charge in [0.25, 0.3) is 0 Å². The number of hydrogen-bond donors (Lipinski definition) is 1. The van der Waals surface area contributed by atoms with Crippen LogP contribution in [0.2, 0.25) is 5.02 Å². The SMILES string of the molecule is CCC(=O)c1cc(Cl)c(F)cc1OC(CO)CF. The molecule has 0 aliphatic carbocycles. The number of ketones is 1. The molecule has 1 aromatic rings. The summed E-state index contributed by atoms with van der Waals surface area (Å²) >= 11 is 5.58. The molecule has 1 N–H and O–H groups in total. The Hall–Kier alpha value is -1.20. The zero-order valence-corrected chi connectivity index (χ0v) is 10.5. The number of hydrogen-bond acceptors (Lipinski definition) is 3. The highest BCUT2D eigenvalue weighted by atomic mass is 35.5. The lowest BCUT2D eigenvalue weighted by atomic mass is 10.1. The second-order valence-corrected chi connectivity index (χ2v) is 4.02. The molecule has 1 rings (SSSR count). The van der Waals surface area contributed by atoms with Gasteiger partial charge in [-0.05, 0) is 6.07 Å². The first-order valence-electron chi connectivity index (χ1n) is 5.39. The van der Waals surface area contributed by atoms with Crippen molar-refractivity contribution in [3.8, 4) is 5.75 Å². The summed E-state index contributed by atoms with van der Waals surface area (Å²) < 4.78 is 30.8. The fourth-order valence-electron chi connectivity index (χ4n) is 1.33. The van der Waals surface area contributed by atoms with E-state index in [0.29, 0.717) is 0 Å². The third-order valence-electron chi connectivity index (χ3n) is 2.31. The minimum Gasteiger partial charge on any atom is -0.484 e. The van der Waals surface area contributed by atoms with Gasteiger partial charge in [-0.1, -0.05) is 18.5 Å². The zero-order chi connectivity index (χ0) is 13.7. The number of carbonyl (C=O) groups excluding carboxylic acids is 1. The predicted octanol–water partition coefficient (Wildman–Crippen LogP) is 2.78. The molecule has 100 valence electrons. The fourth-order valence-corrected chi connectivity index (χ4v) is 1.50. The van der Waals surface area contributed by atoms with Gasteiger partial charge in [0.05, 0.1) is 17.2 Å². The molecule has 0 aliphatic heterocycles. The average molecular weight is 279 g/mol. The Morgan fingerprint density at radius 2 is 2.22 bits per heavy atom. The number of benzene rings is 1. The Bertz CT molecular complexity index is 434. The summed E-state index contributed by atoms with van der Waals surface area (Å²) in [5.41, 5.74) is 0.0794. The van der Waals surface area contributed by atoms with Crippen LogP contribution in [0.5, 0.6) is 5.75 Å². The molecule has 0 saturated heterocycles. The smallest absolute Gasteiger partial charge is 0.166 e. The van der Waals surface area contributed by atoms with Gasteiger partial charge in [-0.15, -0.1) is 0 Å². The quantitative estimate of drug-likeness (QED) is 0.814. The van der Waals surface area contributed by atoms with Crippen molar-refractivity contribution in [2.75, 3.05) is 13.3 Å². The van der Waals surface area contributed by atoms with Gasteiger partial charge in [-0.3, -0.25) is 4.79 Å². The lowest BCUT2D eigenvalue weighted by molar-refractivity contribution is 0.0878. The van der Waals surface area contributed by atoms with Crippen LogP contribution in [0.25, 0.3) is 0 Å². The van der Waals surface area contributed by atoms with E-state index in [1.807, 2.05) is 0 Å². The molecule has 0 spiro atoms. The fraction of sp³-hybridized carbons (Fsp3) is 0.417. The molecule has 0 bridgehead atoms. The van der Waals surface area contributed by atoms with E-state index in [1.54, 1.807) is 6.92 Å². The van der Waals surface area contributed by atoms with Gasteiger partial charge >= 0.3 is 0 Å². The monoisotopic (exact) mass is 278 g/mol. The van der Waals surface area contributed by atoms with Crippen LogP contribution in [0.15, 0.2) is 12.1 Å². The van der Waals surface area contributed by atoms with Gasteiger partial charge in [0, 0.05) is 12.5 Å². The highest BCUT2D eigenvalue weighted by Crippen LogP contribution is 2.28. The highest BCUT2D eigenvalue weighted by Gasteiger charge is 2.18. The van der Waals surface area contributed by atoms with E-state index in [1.165, 1.54) is 0 Å². The maximum absolute atomic E-state index is 13.3. The number of alkyl halides is 1. The number of aliphatic hydroxyl groups is 1. The van der Waals surface area contributed by atoms with Crippen molar-refractivity contribution in [2.45, 2.75) is 19.4 Å². The summed E-state index contributed by atoms with van der Waals surface area (Å²) in [6, 6.07) is 2.06. The molecule has 1 unspecified atom stereocenters. The second kappa shape index (κ2) is 6.66. The number of carbonyl (C=O) groups is 1. The van der Waals surface area contributed by atoms with Gasteiger partial charge in [0.1, 0.15) is 24.3 Å². The molecule has 0 amide bonds. The molecule has 0 aromatic heterocycles. The van der Waals surface area contributed by atoms with E-state index in [-0.39, 0.29) is 28.5 Å². The summed E-state index contributed by atoms with van der Waals surface area (Å²) in [5.74, 6) is -1.18. The Morgan fingerprint density at radius 1 is 1.56 bits per heavy atom. The summed E-state index contributed by atoms with van der Waals surface area (Å²) in [4.78, 5) is 11.6. The normalized spacial score (nSPS) is 12.3. The van der Waals surface area contributed by atoms with E-state index in [9.17, 15) is 13.6 Å². The van der Waals surface area contributed by atoms with Gasteiger partial charge < -0.3 is 9.84 Å². The number of Topliss-reactive ketones (excluding diaryl/α,β-unsaturated/α-hetero) is 1. The zero-order valence-electron chi connectivity index (χ0n) is 9.75. The van der Waals surface area contributed by atoms with Crippen molar-refractivity contribution < 1.29 is 23.4 Å². The number of aliphatic hydroxyl groups excluding tert-OH is 1. The standard InChI is InChI=1S/C12H13ClF2O3/c1-2-11(17)8-3-9(13)10(15)4-12(8)18-7(5-14)6-16/h3-4,7,16H,2,5-6H2,1H3. The number of rotatable bonds is 6. The lowest BCUT2D eigenvalue weighted by Gasteiger charge is -2.16. The molecule has 6 heteroatoms. The molecular weight excluding hydrogens is 266 g/mol. The Morgan fingerprint density at radius 3 is 2.72 bits per heavy atom. The van der Waals surface area contributed by atoms with Crippen molar-refractivity contribution in [3.63, 3.8) is 0 Å². The van der Waals surface area contributed by atoms with Crippen LogP contribution in [0.3, 0.4) is 0 Å². The highest BCUT2D eigenvalue weighted by molar-refractivity contribution is 6.31. The van der Waals surface area contributed by atoms with Crippen LogP contribution < -0.4 is 4.74 Å². The van der Waals surface area contributed by atoms with Crippen LogP contribution in [-0.2, 0) is 0 Å². The third-order valence-corrected chi connectivity index (χ3v) is 2.60. The van der Waals surface area contributed by atoms with E-state index in [2.05, 4.69) is 0 Å². The van der Waals surface area contributed by atoms with E-state index in [0.717, 1.165) is 12.1 Å². The summed E-state index contributed by atoms with van der Waals surface area (Å²) in [7, 11) is 0. The lowest BCUT2D eigenvalue weighted by Crippen LogP contribution is -2.24. The molecule has 0 aliphatic rings. The minimum atomic E-state index is -1.13. The van der Waals surface area contributed by atoms with Crippen LogP contribution in [0, 0.1) is 5.82 Å². The first-order valence-corrected chi connectivity index (χ1v) is 5.77. The predicted molar refractivity (Wildman–Crippen MR) is 63.5 cm³/mol. The summed E-state index contributed by atoms with van der Waals surface area (Å²) in [6.07, 6.45) is -0.952. The Labute approximate surface area is 108 Å². The number of halogens is 3. The molecule has 3 nitrogen and oxygen atoms in total. The molecule has 1 atom stereocenters. The van der Waals surface area contributed by atoms with Crippen LogP contribution in [0.4, 0.5) is 8.78 Å². The second-order valence-electron chi connectivity index (χ2n) is 3.62. The van der Waals surface area contributed by atoms with Crippen molar-refractivity contribution in [2.24, 2.45) is 0 Å². The molecular formula is C12H13ClF2O3. The largest absolute Gasteiger partial charge is 0.484 e. The van der Waals surface area contributed by atoms with E-state index < -0.39 is 25.2 Å². The van der Waals surface area contributed by atoms with Gasteiger partial charge in [0.2, 0.25) is 0 Å². The first kappa shape index (κ1) is 14.9. The van der Waals surface area contributed by atoms with E-state index >= 15 is 0 Å². The van der Waals surface area contributed by atoms with Crippen molar-refractivity contribution in [1.29, 1.82) is 0 Å². The summed E-state index contributed by atoms with van der Waals surface area (Å²) in [5, 5.41) is 8.62. The molecule has 1 aromatic carbocycles. The van der Waals surface area contributed by atoms with Crippen molar-refractivity contribution >= 4 is 17.4 Å². The molecule has 0 saturated carbocycles. The minimum absolute atomic E-state index is 0.0794. The Kier molecular flexibility index (Phi) is 5.50. The van der Waals surface area contributed by atoms with Crippen LogP contribution in [0.1, 0.15) is 23.7 Å². The molecule has 0 radical (unpaired) electrons. The topological polar surface area (TPSA) is 46.5 Å². The Balaban J connectivity index is 3.14. The van der Waals surface area contributed by atoms with Crippen molar-refractivity contribution in [3.05, 3.63) is 28.5 Å². The van der Waals surface area contributed by atoms with Crippen LogP contribution >= 0.6 is 11.6 Å². The summed E-state index contributed by atoms with van der Waals surface area (Å²) in [6.45, 7) is 0.114. The molecule has 0 heterocycles. The average Bonchev–Trinajstić information content (AvgIpc) is 2.38. The number of ether oxygens (including phenoxy) is 1. The van der Waals surface area contributed by atoms with Crippen LogP contribution in [-0.4, -0.2) is 30.3 Å². The first-order chi connectivity index (χ1) is 8.53. The van der Waals surface area contributed by atoms with E-state index in [4.69, 9.17) is 21.4 Å². The van der Waals surface area contributed by atoms with Crippen molar-refractivity contribution in [1.82, 2.24) is 0 Å². The maximum atomic E-state index is 13.3. The maximum Gasteiger partial charge on any atom is 0.166 e. The molecule has 0 fully saturated rings. The molecule has 18 heavy (non-hydrogen) atoms. The van der Waals surface area contributed by atoms with Gasteiger partial charge in [-0.25, -0.2) is 8.78 Å². The third kappa shape index (κ3) is 3.40. The van der Waals surface area contributed by atoms with Gasteiger partial charge in [0.15, 0.2) is 5.78 Å². The van der Waals surface area contributed by atoms with Gasteiger partial charge in [-0.2, -0.15) is 0 Å².